The van der Waals surface area contributed by atoms with Crippen molar-refractivity contribution < 1.29 is 9.18 Å². The van der Waals surface area contributed by atoms with Gasteiger partial charge in [-0.3, -0.25) is 4.79 Å². The molecule has 1 fully saturated rings. The van der Waals surface area contributed by atoms with Crippen molar-refractivity contribution in [1.29, 1.82) is 0 Å². The zero-order valence-electron chi connectivity index (χ0n) is 12.9. The summed E-state index contributed by atoms with van der Waals surface area (Å²) in [5.74, 6) is 0.0759. The second kappa shape index (κ2) is 7.62. The Kier molecular flexibility index (Phi) is 5.80. The number of aromatic amines is 1. The molecule has 1 aromatic carbocycles. The summed E-state index contributed by atoms with van der Waals surface area (Å²) in [5, 5.41) is 6.40. The lowest BCUT2D eigenvalue weighted by molar-refractivity contribution is 0.0916. The Bertz CT molecular complexity index is 656. The lowest BCUT2D eigenvalue weighted by atomic mass is 9.94. The molecule has 0 saturated carbocycles. The second-order valence-electron chi connectivity index (χ2n) is 5.84. The van der Waals surface area contributed by atoms with Crippen molar-refractivity contribution in [2.24, 2.45) is 5.92 Å². The lowest BCUT2D eigenvalue weighted by Gasteiger charge is -2.30. The number of rotatable bonds is 3. The maximum absolute atomic E-state index is 13.0. The van der Waals surface area contributed by atoms with Gasteiger partial charge in [0.1, 0.15) is 5.82 Å². The van der Waals surface area contributed by atoms with E-state index in [0.29, 0.717) is 11.5 Å². The van der Waals surface area contributed by atoms with Gasteiger partial charge < -0.3 is 15.6 Å². The summed E-state index contributed by atoms with van der Waals surface area (Å²) in [6.45, 7) is 3.95. The van der Waals surface area contributed by atoms with E-state index in [4.69, 9.17) is 0 Å². The van der Waals surface area contributed by atoms with Gasteiger partial charge in [0, 0.05) is 30.5 Å². The SMILES string of the molecule is CC1CCNCC1NC(=O)c1c[nH]cc1-c1ccc(F)cc1.Cl. The van der Waals surface area contributed by atoms with Crippen LogP contribution in [0.2, 0.25) is 0 Å². The number of piperidine rings is 1. The molecule has 0 radical (unpaired) electrons. The standard InChI is InChI=1S/C17H20FN3O.ClH/c1-11-6-7-19-10-16(11)21-17(22)15-9-20-8-14(15)12-2-4-13(18)5-3-12;/h2-5,8-9,11,16,19-20H,6-7,10H2,1H3,(H,21,22);1H. The fourth-order valence-electron chi connectivity index (χ4n) is 2.85. The van der Waals surface area contributed by atoms with E-state index < -0.39 is 0 Å². The average Bonchev–Trinajstić information content (AvgIpc) is 3.00. The van der Waals surface area contributed by atoms with E-state index in [9.17, 15) is 9.18 Å². The minimum atomic E-state index is -0.285. The molecule has 1 aromatic heterocycles. The molecule has 2 aromatic rings. The number of hydrogen-bond donors (Lipinski definition) is 3. The van der Waals surface area contributed by atoms with Crippen molar-refractivity contribution in [3.8, 4) is 11.1 Å². The zero-order chi connectivity index (χ0) is 15.5. The first-order valence-electron chi connectivity index (χ1n) is 7.59. The zero-order valence-corrected chi connectivity index (χ0v) is 13.8. The highest BCUT2D eigenvalue weighted by molar-refractivity contribution is 6.00. The molecule has 124 valence electrons. The van der Waals surface area contributed by atoms with Gasteiger partial charge in [0.2, 0.25) is 0 Å². The summed E-state index contributed by atoms with van der Waals surface area (Å²) in [5.41, 5.74) is 2.20. The number of nitrogens with one attached hydrogen (secondary N) is 3. The number of benzene rings is 1. The fraction of sp³-hybridized carbons (Fsp3) is 0.353. The molecule has 2 atom stereocenters. The van der Waals surface area contributed by atoms with Crippen molar-refractivity contribution >= 4 is 18.3 Å². The molecule has 1 amide bonds. The summed E-state index contributed by atoms with van der Waals surface area (Å²) >= 11 is 0. The van der Waals surface area contributed by atoms with Crippen LogP contribution in [-0.4, -0.2) is 30.0 Å². The quantitative estimate of drug-likeness (QED) is 0.806. The molecular weight excluding hydrogens is 317 g/mol. The Morgan fingerprint density at radius 3 is 2.70 bits per heavy atom. The van der Waals surface area contributed by atoms with E-state index in [-0.39, 0.29) is 30.2 Å². The number of halogens is 2. The third-order valence-electron chi connectivity index (χ3n) is 4.29. The van der Waals surface area contributed by atoms with Crippen molar-refractivity contribution in [3.05, 3.63) is 48.0 Å². The van der Waals surface area contributed by atoms with Gasteiger partial charge in [0.25, 0.3) is 5.91 Å². The van der Waals surface area contributed by atoms with Crippen molar-refractivity contribution in [3.63, 3.8) is 0 Å². The summed E-state index contributed by atoms with van der Waals surface area (Å²) in [4.78, 5) is 15.5. The van der Waals surface area contributed by atoms with Crippen LogP contribution in [0.4, 0.5) is 4.39 Å². The Hall–Kier alpha value is -1.85. The number of aromatic nitrogens is 1. The highest BCUT2D eigenvalue weighted by atomic mass is 35.5. The molecular formula is C17H21ClFN3O. The maximum atomic E-state index is 13.0. The molecule has 1 saturated heterocycles. The number of amides is 1. The Morgan fingerprint density at radius 1 is 1.26 bits per heavy atom. The van der Waals surface area contributed by atoms with Gasteiger partial charge in [-0.15, -0.1) is 12.4 Å². The third kappa shape index (κ3) is 3.92. The van der Waals surface area contributed by atoms with E-state index in [0.717, 1.165) is 30.6 Å². The molecule has 2 unspecified atom stereocenters. The second-order valence-corrected chi connectivity index (χ2v) is 5.84. The lowest BCUT2D eigenvalue weighted by Crippen LogP contribution is -2.50. The molecule has 0 spiro atoms. The first kappa shape index (κ1) is 17.5. The van der Waals surface area contributed by atoms with Crippen molar-refractivity contribution in [2.75, 3.05) is 13.1 Å². The van der Waals surface area contributed by atoms with E-state index in [1.165, 1.54) is 12.1 Å². The Balaban J connectivity index is 0.00000192. The number of carbonyl (C=O) groups is 1. The molecule has 6 heteroatoms. The van der Waals surface area contributed by atoms with Crippen LogP contribution in [-0.2, 0) is 0 Å². The van der Waals surface area contributed by atoms with Gasteiger partial charge in [-0.05, 0) is 36.6 Å². The minimum Gasteiger partial charge on any atom is -0.366 e. The van der Waals surface area contributed by atoms with Crippen molar-refractivity contribution in [1.82, 2.24) is 15.6 Å². The van der Waals surface area contributed by atoms with E-state index in [1.54, 1.807) is 24.5 Å². The topological polar surface area (TPSA) is 56.9 Å². The smallest absolute Gasteiger partial charge is 0.253 e. The Morgan fingerprint density at radius 2 is 2.00 bits per heavy atom. The molecule has 3 N–H and O–H groups in total. The van der Waals surface area contributed by atoms with Crippen LogP contribution in [0.25, 0.3) is 11.1 Å². The largest absolute Gasteiger partial charge is 0.366 e. The molecule has 3 rings (SSSR count). The van der Waals surface area contributed by atoms with E-state index in [1.807, 2.05) is 0 Å². The first-order valence-corrected chi connectivity index (χ1v) is 7.59. The van der Waals surface area contributed by atoms with Crippen LogP contribution in [0.1, 0.15) is 23.7 Å². The summed E-state index contributed by atoms with van der Waals surface area (Å²) in [6, 6.07) is 6.30. The highest BCUT2D eigenvalue weighted by Gasteiger charge is 2.24. The van der Waals surface area contributed by atoms with E-state index in [2.05, 4.69) is 22.5 Å². The van der Waals surface area contributed by atoms with Gasteiger partial charge >= 0.3 is 0 Å². The molecule has 0 bridgehead atoms. The number of H-pyrrole nitrogens is 1. The predicted molar refractivity (Wildman–Crippen MR) is 91.3 cm³/mol. The minimum absolute atomic E-state index is 0. The highest BCUT2D eigenvalue weighted by Crippen LogP contribution is 2.24. The third-order valence-corrected chi connectivity index (χ3v) is 4.29. The predicted octanol–water partition coefficient (Wildman–Crippen LogP) is 2.97. The molecule has 4 nitrogen and oxygen atoms in total. The van der Waals surface area contributed by atoms with Gasteiger partial charge in [-0.2, -0.15) is 0 Å². The maximum Gasteiger partial charge on any atom is 0.253 e. The number of hydrogen-bond acceptors (Lipinski definition) is 2. The van der Waals surface area contributed by atoms with Gasteiger partial charge in [0.15, 0.2) is 0 Å². The first-order chi connectivity index (χ1) is 10.6. The molecule has 1 aliphatic heterocycles. The van der Waals surface area contributed by atoms with Crippen LogP contribution in [0, 0.1) is 11.7 Å². The normalized spacial score (nSPS) is 20.6. The van der Waals surface area contributed by atoms with Crippen LogP contribution < -0.4 is 10.6 Å². The van der Waals surface area contributed by atoms with Crippen molar-refractivity contribution in [2.45, 2.75) is 19.4 Å². The van der Waals surface area contributed by atoms with Crippen LogP contribution in [0.5, 0.6) is 0 Å². The van der Waals surface area contributed by atoms with Crippen LogP contribution >= 0.6 is 12.4 Å². The number of carbonyl (C=O) groups excluding carboxylic acids is 1. The molecule has 23 heavy (non-hydrogen) atoms. The van der Waals surface area contributed by atoms with Crippen LogP contribution in [0.3, 0.4) is 0 Å². The molecule has 1 aliphatic rings. The average molecular weight is 338 g/mol. The summed E-state index contributed by atoms with van der Waals surface area (Å²) in [7, 11) is 0. The molecule has 2 heterocycles. The van der Waals surface area contributed by atoms with Gasteiger partial charge in [-0.1, -0.05) is 19.1 Å². The van der Waals surface area contributed by atoms with E-state index >= 15 is 0 Å². The fourth-order valence-corrected chi connectivity index (χ4v) is 2.85. The monoisotopic (exact) mass is 337 g/mol. The van der Waals surface area contributed by atoms with Gasteiger partial charge in [-0.25, -0.2) is 4.39 Å². The molecule has 0 aliphatic carbocycles. The van der Waals surface area contributed by atoms with Gasteiger partial charge in [0.05, 0.1) is 5.56 Å². The Labute approximate surface area is 141 Å². The summed E-state index contributed by atoms with van der Waals surface area (Å²) < 4.78 is 13.0. The van der Waals surface area contributed by atoms with Crippen LogP contribution in [0.15, 0.2) is 36.7 Å². The summed E-state index contributed by atoms with van der Waals surface area (Å²) in [6.07, 6.45) is 4.52.